The smallest absolute Gasteiger partial charge is 0.360 e. The highest BCUT2D eigenvalue weighted by Crippen LogP contribution is 2.07. The van der Waals surface area contributed by atoms with Crippen LogP contribution in [0, 0.1) is 0 Å². The minimum Gasteiger partial charge on any atom is -0.461 e. The summed E-state index contributed by atoms with van der Waals surface area (Å²) in [7, 11) is 0. The maximum absolute atomic E-state index is 11.8. The predicted molar refractivity (Wildman–Crippen MR) is 79.6 cm³/mol. The molecule has 0 aliphatic rings. The third kappa shape index (κ3) is 4.44. The third-order valence-corrected chi connectivity index (χ3v) is 2.97. The molecule has 1 amide bonds. The minimum absolute atomic E-state index is 0.106. The Labute approximate surface area is 128 Å². The monoisotopic (exact) mass is 302 g/mol. The van der Waals surface area contributed by atoms with E-state index in [1.54, 1.807) is 25.1 Å². The summed E-state index contributed by atoms with van der Waals surface area (Å²) < 4.78 is 9.89. The number of rotatable bonds is 7. The summed E-state index contributed by atoms with van der Waals surface area (Å²) in [4.78, 5) is 23.2. The van der Waals surface area contributed by atoms with E-state index in [-0.39, 0.29) is 11.6 Å². The first-order valence-corrected chi connectivity index (χ1v) is 7.16. The summed E-state index contributed by atoms with van der Waals surface area (Å²) in [5, 5.41) is 6.49. The molecule has 0 unspecified atom stereocenters. The van der Waals surface area contributed by atoms with E-state index in [4.69, 9.17) is 9.26 Å². The number of aromatic nitrogens is 1. The van der Waals surface area contributed by atoms with Gasteiger partial charge in [0.05, 0.1) is 6.61 Å². The standard InChI is InChI=1S/C16H18N2O4/c1-2-21-16(20)14-11-13(22-18-14)9-6-10-17-15(19)12-7-4-3-5-8-12/h3-5,7-8,11H,2,6,9-10H2,1H3,(H,17,19). The van der Waals surface area contributed by atoms with Crippen molar-refractivity contribution in [3.05, 3.63) is 53.4 Å². The molecule has 116 valence electrons. The van der Waals surface area contributed by atoms with Gasteiger partial charge < -0.3 is 14.6 Å². The summed E-state index contributed by atoms with van der Waals surface area (Å²) in [6, 6.07) is 10.6. The van der Waals surface area contributed by atoms with E-state index in [2.05, 4.69) is 10.5 Å². The molecule has 0 atom stereocenters. The number of esters is 1. The second-order valence-corrected chi connectivity index (χ2v) is 4.62. The predicted octanol–water partition coefficient (Wildman–Crippen LogP) is 2.21. The van der Waals surface area contributed by atoms with Gasteiger partial charge in [0.1, 0.15) is 5.76 Å². The van der Waals surface area contributed by atoms with Crippen LogP contribution in [-0.2, 0) is 11.2 Å². The van der Waals surface area contributed by atoms with Crippen LogP contribution >= 0.6 is 0 Å². The summed E-state index contributed by atoms with van der Waals surface area (Å²) >= 11 is 0. The molecule has 6 heteroatoms. The second kappa shape index (κ2) is 7.97. The number of amides is 1. The van der Waals surface area contributed by atoms with Gasteiger partial charge in [-0.15, -0.1) is 0 Å². The van der Waals surface area contributed by atoms with Gasteiger partial charge in [0.2, 0.25) is 0 Å². The van der Waals surface area contributed by atoms with E-state index in [0.29, 0.717) is 37.3 Å². The second-order valence-electron chi connectivity index (χ2n) is 4.62. The van der Waals surface area contributed by atoms with Crippen LogP contribution in [0.1, 0.15) is 40.0 Å². The lowest BCUT2D eigenvalue weighted by molar-refractivity contribution is 0.0514. The molecular weight excluding hydrogens is 284 g/mol. The lowest BCUT2D eigenvalue weighted by Crippen LogP contribution is -2.24. The van der Waals surface area contributed by atoms with Crippen molar-refractivity contribution >= 4 is 11.9 Å². The van der Waals surface area contributed by atoms with Gasteiger partial charge in [0, 0.05) is 24.6 Å². The molecule has 0 aliphatic carbocycles. The Bertz CT molecular complexity index is 622. The summed E-state index contributed by atoms with van der Waals surface area (Å²) in [5.74, 6) is -0.00252. The highest BCUT2D eigenvalue weighted by atomic mass is 16.5. The van der Waals surface area contributed by atoms with E-state index in [9.17, 15) is 9.59 Å². The topological polar surface area (TPSA) is 81.4 Å². The van der Waals surface area contributed by atoms with Gasteiger partial charge in [-0.3, -0.25) is 4.79 Å². The lowest BCUT2D eigenvalue weighted by Gasteiger charge is -2.03. The first-order chi connectivity index (χ1) is 10.7. The van der Waals surface area contributed by atoms with Crippen LogP contribution < -0.4 is 5.32 Å². The Morgan fingerprint density at radius 3 is 2.77 bits per heavy atom. The quantitative estimate of drug-likeness (QED) is 0.626. The number of nitrogens with one attached hydrogen (secondary N) is 1. The number of nitrogens with zero attached hydrogens (tertiary/aromatic N) is 1. The van der Waals surface area contributed by atoms with Crippen LogP contribution in [0.25, 0.3) is 0 Å². The molecule has 6 nitrogen and oxygen atoms in total. The van der Waals surface area contributed by atoms with Crippen molar-refractivity contribution in [1.82, 2.24) is 10.5 Å². The molecule has 0 saturated heterocycles. The number of benzene rings is 1. The van der Waals surface area contributed by atoms with Gasteiger partial charge in [-0.05, 0) is 25.5 Å². The number of ether oxygens (including phenoxy) is 1. The van der Waals surface area contributed by atoms with Gasteiger partial charge in [-0.2, -0.15) is 0 Å². The molecule has 0 radical (unpaired) electrons. The number of hydrogen-bond acceptors (Lipinski definition) is 5. The van der Waals surface area contributed by atoms with Gasteiger partial charge in [0.15, 0.2) is 5.69 Å². The Morgan fingerprint density at radius 1 is 1.27 bits per heavy atom. The first kappa shape index (κ1) is 15.8. The first-order valence-electron chi connectivity index (χ1n) is 7.16. The third-order valence-electron chi connectivity index (χ3n) is 2.97. The van der Waals surface area contributed by atoms with Gasteiger partial charge in [-0.25, -0.2) is 4.79 Å². The minimum atomic E-state index is -0.491. The van der Waals surface area contributed by atoms with Crippen LogP contribution in [0.4, 0.5) is 0 Å². The number of carbonyl (C=O) groups excluding carboxylic acids is 2. The molecule has 0 saturated carbocycles. The van der Waals surface area contributed by atoms with Crippen molar-refractivity contribution in [2.24, 2.45) is 0 Å². The molecule has 0 spiro atoms. The number of hydrogen-bond donors (Lipinski definition) is 1. The molecule has 0 bridgehead atoms. The van der Waals surface area contributed by atoms with Crippen LogP contribution in [0.5, 0.6) is 0 Å². The Balaban J connectivity index is 1.73. The fourth-order valence-electron chi connectivity index (χ4n) is 1.89. The molecule has 22 heavy (non-hydrogen) atoms. The fraction of sp³-hybridized carbons (Fsp3) is 0.312. The van der Waals surface area contributed by atoms with Crippen molar-refractivity contribution in [3.8, 4) is 0 Å². The number of aryl methyl sites for hydroxylation is 1. The zero-order valence-corrected chi connectivity index (χ0v) is 12.4. The highest BCUT2D eigenvalue weighted by Gasteiger charge is 2.13. The molecular formula is C16H18N2O4. The molecule has 1 aromatic heterocycles. The largest absolute Gasteiger partial charge is 0.461 e. The Kier molecular flexibility index (Phi) is 5.71. The molecule has 0 aliphatic heterocycles. The van der Waals surface area contributed by atoms with Gasteiger partial charge in [0.25, 0.3) is 5.91 Å². The number of carbonyl (C=O) groups is 2. The van der Waals surface area contributed by atoms with Crippen molar-refractivity contribution in [1.29, 1.82) is 0 Å². The summed E-state index contributed by atoms with van der Waals surface area (Å²) in [6.07, 6.45) is 1.28. The van der Waals surface area contributed by atoms with E-state index < -0.39 is 5.97 Å². The zero-order chi connectivity index (χ0) is 15.8. The molecule has 1 aromatic carbocycles. The van der Waals surface area contributed by atoms with Crippen molar-refractivity contribution < 1.29 is 18.8 Å². The average molecular weight is 302 g/mol. The highest BCUT2D eigenvalue weighted by molar-refractivity contribution is 5.94. The van der Waals surface area contributed by atoms with Gasteiger partial charge >= 0.3 is 5.97 Å². The Hall–Kier alpha value is -2.63. The van der Waals surface area contributed by atoms with E-state index >= 15 is 0 Å². The van der Waals surface area contributed by atoms with Crippen molar-refractivity contribution in [3.63, 3.8) is 0 Å². The molecule has 1 heterocycles. The fourth-order valence-corrected chi connectivity index (χ4v) is 1.89. The molecule has 2 aromatic rings. The SMILES string of the molecule is CCOC(=O)c1cc(CCCNC(=O)c2ccccc2)on1. The van der Waals surface area contributed by atoms with E-state index in [0.717, 1.165) is 0 Å². The van der Waals surface area contributed by atoms with Gasteiger partial charge in [-0.1, -0.05) is 23.4 Å². The van der Waals surface area contributed by atoms with Crippen LogP contribution in [0.15, 0.2) is 40.9 Å². The van der Waals surface area contributed by atoms with Crippen LogP contribution in [0.3, 0.4) is 0 Å². The summed E-state index contributed by atoms with van der Waals surface area (Å²) in [5.41, 5.74) is 0.803. The normalized spacial score (nSPS) is 10.2. The average Bonchev–Trinajstić information content (AvgIpc) is 3.01. The maximum Gasteiger partial charge on any atom is 0.360 e. The van der Waals surface area contributed by atoms with Crippen molar-refractivity contribution in [2.75, 3.05) is 13.2 Å². The zero-order valence-electron chi connectivity index (χ0n) is 12.4. The van der Waals surface area contributed by atoms with Crippen LogP contribution in [-0.4, -0.2) is 30.2 Å². The summed E-state index contributed by atoms with van der Waals surface area (Å²) in [6.45, 7) is 2.55. The lowest BCUT2D eigenvalue weighted by atomic mass is 10.2. The Morgan fingerprint density at radius 2 is 2.05 bits per heavy atom. The van der Waals surface area contributed by atoms with Crippen molar-refractivity contribution in [2.45, 2.75) is 19.8 Å². The molecule has 2 rings (SSSR count). The molecule has 0 fully saturated rings. The van der Waals surface area contributed by atoms with Crippen LogP contribution in [0.2, 0.25) is 0 Å². The maximum atomic E-state index is 11.8. The van der Waals surface area contributed by atoms with E-state index in [1.165, 1.54) is 0 Å². The van der Waals surface area contributed by atoms with E-state index in [1.807, 2.05) is 18.2 Å². The molecule has 1 N–H and O–H groups in total.